The fraction of sp³-hybridized carbons (Fsp3) is 0.981. The normalized spacial score (nSPS) is 34.6. The molecule has 0 radical (unpaired) electrons. The first-order chi connectivity index (χ1) is 27.9. The summed E-state index contributed by atoms with van der Waals surface area (Å²) in [6, 6.07) is 0.977. The summed E-state index contributed by atoms with van der Waals surface area (Å²) in [6.45, 7) is 41.0. The van der Waals surface area contributed by atoms with Gasteiger partial charge in [-0.3, -0.25) is 4.79 Å². The van der Waals surface area contributed by atoms with Gasteiger partial charge in [-0.15, -0.1) is 0 Å². The molecule has 9 aliphatic carbocycles. The average Bonchev–Trinajstić information content (AvgIpc) is 4.05. The molecular weight excluding hydrogens is 798 g/mol. The number of hydrogen-bond acceptors (Lipinski definition) is 6. The topological polar surface area (TPSA) is 119 Å². The van der Waals surface area contributed by atoms with Crippen LogP contribution in [-0.2, 0) is 9.53 Å². The van der Waals surface area contributed by atoms with Crippen LogP contribution in [0.3, 0.4) is 0 Å². The second kappa shape index (κ2) is 22.1. The number of hydrogen-bond donors (Lipinski definition) is 4. The van der Waals surface area contributed by atoms with E-state index in [9.17, 15) is 18.0 Å². The number of halogens is 3. The Morgan fingerprint density at radius 3 is 0.905 bits per heavy atom. The third-order valence-electron chi connectivity index (χ3n) is 16.0. The van der Waals surface area contributed by atoms with Crippen molar-refractivity contribution in [3.8, 4) is 0 Å². The van der Waals surface area contributed by atoms with Crippen LogP contribution in [0.2, 0.25) is 0 Å². The Balaban J connectivity index is 0.000000356. The van der Waals surface area contributed by atoms with Crippen LogP contribution in [0.4, 0.5) is 13.2 Å². The predicted octanol–water partition coefficient (Wildman–Crippen LogP) is 14.0. The summed E-state index contributed by atoms with van der Waals surface area (Å²) < 4.78 is 42.2. The van der Waals surface area contributed by atoms with Crippen LogP contribution in [0.5, 0.6) is 0 Å². The van der Waals surface area contributed by atoms with Gasteiger partial charge in [0.15, 0.2) is 0 Å². The van der Waals surface area contributed by atoms with Gasteiger partial charge in [-0.25, -0.2) is 13.2 Å². The molecule has 0 bridgehead atoms. The molecule has 0 aliphatic heterocycles. The minimum atomic E-state index is -2.37. The lowest BCUT2D eigenvalue weighted by Crippen LogP contribution is -2.46. The van der Waals surface area contributed by atoms with Crippen LogP contribution in [-0.4, -0.2) is 65.6 Å². The lowest BCUT2D eigenvalue weighted by molar-refractivity contribution is -0.130. The van der Waals surface area contributed by atoms with Gasteiger partial charge in [0.1, 0.15) is 12.0 Å². The van der Waals surface area contributed by atoms with Gasteiger partial charge < -0.3 is 26.4 Å². The number of aliphatic hydroxyl groups is 2. The van der Waals surface area contributed by atoms with E-state index in [0.717, 1.165) is 44.4 Å². The van der Waals surface area contributed by atoms with Gasteiger partial charge in [-0.1, -0.05) is 132 Å². The molecule has 63 heavy (non-hydrogen) atoms. The minimum Gasteiger partial charge on any atom is -0.393 e. The first kappa shape index (κ1) is 60.3. The highest BCUT2D eigenvalue weighted by Gasteiger charge is 2.46. The highest BCUT2D eigenvalue weighted by Crippen LogP contribution is 2.51. The zero-order valence-corrected chi connectivity index (χ0v) is 44.9. The van der Waals surface area contributed by atoms with E-state index in [1.54, 1.807) is 7.11 Å². The van der Waals surface area contributed by atoms with Crippen molar-refractivity contribution in [2.45, 2.75) is 277 Å². The molecule has 6 nitrogen and oxygen atoms in total. The van der Waals surface area contributed by atoms with Crippen LogP contribution < -0.4 is 11.5 Å². The van der Waals surface area contributed by atoms with Gasteiger partial charge >= 0.3 is 0 Å². The maximum absolute atomic E-state index is 12.5. The summed E-state index contributed by atoms with van der Waals surface area (Å²) in [5.74, 6) is -0.947. The molecule has 0 saturated heterocycles. The molecule has 0 heterocycles. The number of carbonyl (C=O) groups is 1. The van der Waals surface area contributed by atoms with Crippen LogP contribution >= 0.6 is 0 Å². The van der Waals surface area contributed by atoms with Crippen molar-refractivity contribution in [3.05, 3.63) is 0 Å². The lowest BCUT2D eigenvalue weighted by atomic mass is 9.68. The van der Waals surface area contributed by atoms with E-state index in [2.05, 4.69) is 118 Å². The Hall–Kier alpha value is -0.740. The van der Waals surface area contributed by atoms with Crippen LogP contribution in [0.1, 0.15) is 234 Å². The van der Waals surface area contributed by atoms with Gasteiger partial charge in [0.25, 0.3) is 0 Å². The van der Waals surface area contributed by atoms with Crippen LogP contribution in [0, 0.1) is 54.7 Å². The second-order valence-electron chi connectivity index (χ2n) is 27.9. The van der Waals surface area contributed by atoms with E-state index in [4.69, 9.17) is 26.4 Å². The summed E-state index contributed by atoms with van der Waals surface area (Å²) in [5, 5.41) is 17.5. The molecule has 0 spiro atoms. The number of nitrogens with two attached hydrogens (primary N) is 2. The molecule has 9 heteroatoms. The van der Waals surface area contributed by atoms with E-state index in [-0.39, 0.29) is 41.3 Å². The number of ether oxygens (including phenoxy) is 1. The Kier molecular flexibility index (Phi) is 21.2. The highest BCUT2D eigenvalue weighted by atomic mass is 19.3. The minimum absolute atomic E-state index is 0.00231. The number of rotatable bonds is 1. The monoisotopic (exact) mass is 903 g/mol. The fourth-order valence-electron chi connectivity index (χ4n) is 7.77. The zero-order valence-electron chi connectivity index (χ0n) is 44.9. The summed E-state index contributed by atoms with van der Waals surface area (Å²) in [5.41, 5.74) is 14.5. The van der Waals surface area contributed by atoms with Crippen molar-refractivity contribution < 1.29 is 32.9 Å². The van der Waals surface area contributed by atoms with E-state index >= 15 is 0 Å². The van der Waals surface area contributed by atoms with E-state index in [1.165, 1.54) is 38.5 Å². The highest BCUT2D eigenvalue weighted by molar-refractivity contribution is 5.85. The fourth-order valence-corrected chi connectivity index (χ4v) is 7.77. The van der Waals surface area contributed by atoms with E-state index in [1.807, 2.05) is 13.8 Å². The third-order valence-corrected chi connectivity index (χ3v) is 16.0. The van der Waals surface area contributed by atoms with Crippen molar-refractivity contribution in [2.75, 3.05) is 7.11 Å². The molecular formula is C54H105F3N2O4. The molecule has 0 aromatic heterocycles. The largest absolute Gasteiger partial charge is 0.393 e. The Morgan fingerprint density at radius 1 is 0.524 bits per heavy atom. The SMILES string of the molecule is CC1(C)CC(=O)C1.CC1(C)CC(O)C1.CC1(C)CC1F.CC1(C)CC1N.CC1(C)CC1O.CC1(C)CCC(F)(F)CC1.CC1(C)CCC1N.CC1CC1(C)C.COC1CCC1(C)C. The molecule has 9 rings (SSSR count). The van der Waals surface area contributed by atoms with Gasteiger partial charge in [0.05, 0.1) is 18.3 Å². The second-order valence-corrected chi connectivity index (χ2v) is 27.9. The average molecular weight is 903 g/mol. The summed E-state index contributed by atoms with van der Waals surface area (Å²) >= 11 is 0. The predicted molar refractivity (Wildman–Crippen MR) is 261 cm³/mol. The quantitative estimate of drug-likeness (QED) is 0.208. The third kappa shape index (κ3) is 23.7. The van der Waals surface area contributed by atoms with Gasteiger partial charge in [-0.2, -0.15) is 0 Å². The maximum Gasteiger partial charge on any atom is 0.248 e. The number of Topliss-reactive ketones (excluding diaryl/α,β-unsaturated/α-hetero) is 1. The Bertz CT molecular complexity index is 1270. The number of aliphatic hydroxyl groups excluding tert-OH is 2. The number of methoxy groups -OCH3 is 1. The molecule has 376 valence electrons. The zero-order chi connectivity index (χ0) is 49.6. The lowest BCUT2D eigenvalue weighted by Gasteiger charge is -2.43. The van der Waals surface area contributed by atoms with Gasteiger partial charge in [0, 0.05) is 44.9 Å². The number of alkyl halides is 3. The Labute approximate surface area is 387 Å². The molecule has 0 aromatic carbocycles. The van der Waals surface area contributed by atoms with Crippen LogP contribution in [0.25, 0.3) is 0 Å². The maximum atomic E-state index is 12.5. The van der Waals surface area contributed by atoms with Crippen molar-refractivity contribution in [2.24, 2.45) is 66.1 Å². The Morgan fingerprint density at radius 2 is 0.857 bits per heavy atom. The van der Waals surface area contributed by atoms with E-state index in [0.29, 0.717) is 69.3 Å². The first-order valence-corrected chi connectivity index (χ1v) is 24.9. The number of ketones is 1. The van der Waals surface area contributed by atoms with Crippen molar-refractivity contribution in [3.63, 3.8) is 0 Å². The molecule has 0 aromatic rings. The van der Waals surface area contributed by atoms with Crippen LogP contribution in [0.15, 0.2) is 0 Å². The van der Waals surface area contributed by atoms with Gasteiger partial charge in [0.2, 0.25) is 5.92 Å². The molecule has 9 aliphatic rings. The van der Waals surface area contributed by atoms with Crippen molar-refractivity contribution >= 4 is 5.78 Å². The van der Waals surface area contributed by atoms with E-state index < -0.39 is 12.1 Å². The first-order valence-electron chi connectivity index (χ1n) is 24.9. The molecule has 6 N–H and O–H groups in total. The standard InChI is InChI=1S/C8H14F2.C7H14O.C6H13N.C6H12O.C6H10O.C6H12.C5H9F.C5H11N.C5H10O/c1-7(2)3-5-8(9,10)6-4-7;1-7(2)5-4-6(7)8-3;1-6(2)4-3-5(6)7;2*1-6(2)3-5(7)4-6;1-5-4-6(5,2)3;3*1-5(2)3-4(5)6/h3-6H2,1-2H3;6H,4-5H2,1-3H3;5H,3-4,7H2,1-2H3;5,7H,3-4H2,1-2H3;3-4H2,1-2H3;5H,4H2,1-3H3;4H,3H2,1-2H3;4H,3,6H2,1-2H3;4,6H,3H2,1-2H3. The van der Waals surface area contributed by atoms with Crippen molar-refractivity contribution in [1.29, 1.82) is 0 Å². The summed E-state index contributed by atoms with van der Waals surface area (Å²) in [4.78, 5) is 10.3. The van der Waals surface area contributed by atoms with Gasteiger partial charge in [-0.05, 0) is 132 Å². The van der Waals surface area contributed by atoms with Crippen molar-refractivity contribution in [1.82, 2.24) is 0 Å². The number of carbonyl (C=O) groups excluding carboxylic acids is 1. The summed E-state index contributed by atoms with van der Waals surface area (Å²) in [6.07, 6.45) is 14.7. The summed E-state index contributed by atoms with van der Waals surface area (Å²) in [7, 11) is 1.80. The molecule has 9 fully saturated rings. The molecule has 6 atom stereocenters. The molecule has 6 unspecified atom stereocenters. The smallest absolute Gasteiger partial charge is 0.248 e. The molecule has 9 saturated carbocycles. The molecule has 0 amide bonds.